The van der Waals surface area contributed by atoms with Crippen molar-refractivity contribution in [1.29, 1.82) is 0 Å². The van der Waals surface area contributed by atoms with Gasteiger partial charge in [0.2, 0.25) is 0 Å². The van der Waals surface area contributed by atoms with Gasteiger partial charge in [0.25, 0.3) is 0 Å². The van der Waals surface area contributed by atoms with Gasteiger partial charge in [-0.25, -0.2) is 0 Å². The zero-order valence-corrected chi connectivity index (χ0v) is 11.2. The fraction of sp³-hybridized carbons (Fsp3) is 0.417. The first-order chi connectivity index (χ1) is 7.47. The summed E-state index contributed by atoms with van der Waals surface area (Å²) in [5.74, 6) is -0.477. The van der Waals surface area contributed by atoms with Crippen molar-refractivity contribution in [2.45, 2.75) is 20.3 Å². The lowest BCUT2D eigenvalue weighted by Crippen LogP contribution is -2.13. The van der Waals surface area contributed by atoms with E-state index in [-0.39, 0.29) is 0 Å². The number of carboxylic acid groups (broad SMARTS) is 1. The Labute approximate surface area is 104 Å². The Morgan fingerprint density at radius 3 is 2.69 bits per heavy atom. The number of hydrogen-bond acceptors (Lipinski definition) is 2. The van der Waals surface area contributed by atoms with E-state index in [1.807, 2.05) is 19.1 Å². The van der Waals surface area contributed by atoms with Crippen LogP contribution < -0.4 is 4.74 Å². The lowest BCUT2D eigenvalue weighted by molar-refractivity contribution is -0.141. The maximum atomic E-state index is 10.8. The fourth-order valence-electron chi connectivity index (χ4n) is 1.49. The van der Waals surface area contributed by atoms with Gasteiger partial charge < -0.3 is 9.84 Å². The van der Waals surface area contributed by atoms with E-state index in [0.29, 0.717) is 6.42 Å². The van der Waals surface area contributed by atoms with Crippen LogP contribution in [0.2, 0.25) is 0 Å². The Hall–Kier alpha value is -1.03. The molecule has 1 atom stereocenters. The van der Waals surface area contributed by atoms with E-state index in [1.165, 1.54) is 0 Å². The molecule has 88 valence electrons. The number of benzene rings is 1. The molecule has 0 saturated heterocycles. The highest BCUT2D eigenvalue weighted by molar-refractivity contribution is 9.10. The third kappa shape index (κ3) is 2.76. The number of aryl methyl sites for hydroxylation is 1. The van der Waals surface area contributed by atoms with Crippen LogP contribution >= 0.6 is 15.9 Å². The molecule has 16 heavy (non-hydrogen) atoms. The number of halogens is 1. The third-order valence-corrected chi connectivity index (χ3v) is 3.51. The monoisotopic (exact) mass is 286 g/mol. The highest BCUT2D eigenvalue weighted by Gasteiger charge is 2.16. The number of aliphatic carboxylic acids is 1. The Bertz CT molecular complexity index is 401. The number of rotatable bonds is 4. The molecule has 0 radical (unpaired) electrons. The summed E-state index contributed by atoms with van der Waals surface area (Å²) in [4.78, 5) is 10.8. The maximum Gasteiger partial charge on any atom is 0.306 e. The largest absolute Gasteiger partial charge is 0.495 e. The summed E-state index contributed by atoms with van der Waals surface area (Å²) in [6.45, 7) is 3.66. The summed E-state index contributed by atoms with van der Waals surface area (Å²) in [6, 6.07) is 3.87. The molecule has 1 N–H and O–H groups in total. The van der Waals surface area contributed by atoms with Crippen LogP contribution in [0.25, 0.3) is 0 Å². The molecule has 0 bridgehead atoms. The summed E-state index contributed by atoms with van der Waals surface area (Å²) >= 11 is 3.45. The van der Waals surface area contributed by atoms with E-state index in [0.717, 1.165) is 21.3 Å². The molecule has 0 spiro atoms. The fourth-order valence-corrected chi connectivity index (χ4v) is 2.04. The number of carbonyl (C=O) groups is 1. The highest BCUT2D eigenvalue weighted by Crippen LogP contribution is 2.33. The summed E-state index contributed by atoms with van der Waals surface area (Å²) in [7, 11) is 1.59. The average Bonchev–Trinajstić information content (AvgIpc) is 2.23. The van der Waals surface area contributed by atoms with E-state index in [1.54, 1.807) is 14.0 Å². The summed E-state index contributed by atoms with van der Waals surface area (Å²) < 4.78 is 6.19. The summed E-state index contributed by atoms with van der Waals surface area (Å²) in [5, 5.41) is 8.88. The zero-order chi connectivity index (χ0) is 12.3. The third-order valence-electron chi connectivity index (χ3n) is 2.52. The van der Waals surface area contributed by atoms with Gasteiger partial charge in [0, 0.05) is 0 Å². The molecule has 0 aliphatic heterocycles. The molecule has 4 heteroatoms. The lowest BCUT2D eigenvalue weighted by Gasteiger charge is -2.14. The van der Waals surface area contributed by atoms with Gasteiger partial charge in [-0.15, -0.1) is 0 Å². The molecule has 0 aliphatic carbocycles. The lowest BCUT2D eigenvalue weighted by atomic mass is 9.99. The van der Waals surface area contributed by atoms with Crippen molar-refractivity contribution >= 4 is 21.9 Å². The number of hydrogen-bond donors (Lipinski definition) is 1. The topological polar surface area (TPSA) is 46.5 Å². The smallest absolute Gasteiger partial charge is 0.306 e. The minimum Gasteiger partial charge on any atom is -0.495 e. The van der Waals surface area contributed by atoms with Gasteiger partial charge in [0.15, 0.2) is 0 Å². The van der Waals surface area contributed by atoms with E-state index in [2.05, 4.69) is 15.9 Å². The highest BCUT2D eigenvalue weighted by atomic mass is 79.9. The second-order valence-electron chi connectivity index (χ2n) is 3.83. The van der Waals surface area contributed by atoms with Gasteiger partial charge in [0.05, 0.1) is 17.5 Å². The van der Waals surface area contributed by atoms with Gasteiger partial charge in [-0.3, -0.25) is 4.79 Å². The standard InChI is InChI=1S/C12H15BrO3/c1-7-4-5-9(6-8(2)12(14)15)11(16-3)10(7)13/h4-5,8H,6H2,1-3H3,(H,14,15). The Balaban J connectivity index is 3.05. The average molecular weight is 287 g/mol. The molecular formula is C12H15BrO3. The van der Waals surface area contributed by atoms with Crippen molar-refractivity contribution in [2.24, 2.45) is 5.92 Å². The van der Waals surface area contributed by atoms with Crippen LogP contribution in [0.4, 0.5) is 0 Å². The second-order valence-corrected chi connectivity index (χ2v) is 4.63. The second kappa shape index (κ2) is 5.34. The maximum absolute atomic E-state index is 10.8. The van der Waals surface area contributed by atoms with Crippen LogP contribution in [0.15, 0.2) is 16.6 Å². The summed E-state index contributed by atoms with van der Waals surface area (Å²) in [5.41, 5.74) is 1.98. The molecule has 0 aliphatic rings. The van der Waals surface area contributed by atoms with Crippen LogP contribution in [-0.2, 0) is 11.2 Å². The van der Waals surface area contributed by atoms with Gasteiger partial charge in [0.1, 0.15) is 5.75 Å². The molecule has 0 amide bonds. The predicted molar refractivity (Wildman–Crippen MR) is 65.9 cm³/mol. The van der Waals surface area contributed by atoms with E-state index >= 15 is 0 Å². The molecule has 3 nitrogen and oxygen atoms in total. The van der Waals surface area contributed by atoms with Crippen molar-refractivity contribution in [3.63, 3.8) is 0 Å². The number of ether oxygens (including phenoxy) is 1. The van der Waals surface area contributed by atoms with Crippen molar-refractivity contribution in [2.75, 3.05) is 7.11 Å². The SMILES string of the molecule is COc1c(CC(C)C(=O)O)ccc(C)c1Br. The zero-order valence-electron chi connectivity index (χ0n) is 9.58. The van der Waals surface area contributed by atoms with Crippen molar-refractivity contribution in [3.05, 3.63) is 27.7 Å². The first-order valence-electron chi connectivity index (χ1n) is 5.02. The number of methoxy groups -OCH3 is 1. The van der Waals surface area contributed by atoms with Crippen LogP contribution in [0, 0.1) is 12.8 Å². The molecule has 1 rings (SSSR count). The van der Waals surface area contributed by atoms with Crippen LogP contribution in [-0.4, -0.2) is 18.2 Å². The Morgan fingerprint density at radius 2 is 2.19 bits per heavy atom. The summed E-state index contributed by atoms with van der Waals surface area (Å²) in [6.07, 6.45) is 0.470. The van der Waals surface area contributed by atoms with Gasteiger partial charge in [-0.2, -0.15) is 0 Å². The van der Waals surface area contributed by atoms with Crippen molar-refractivity contribution in [1.82, 2.24) is 0 Å². The molecule has 0 saturated carbocycles. The van der Waals surface area contributed by atoms with Gasteiger partial charge in [-0.1, -0.05) is 19.1 Å². The van der Waals surface area contributed by atoms with Gasteiger partial charge in [-0.05, 0) is 40.4 Å². The Morgan fingerprint density at radius 1 is 1.56 bits per heavy atom. The van der Waals surface area contributed by atoms with Crippen LogP contribution in [0.3, 0.4) is 0 Å². The minimum atomic E-state index is -0.793. The molecule has 0 fully saturated rings. The predicted octanol–water partition coefficient (Wildman–Crippen LogP) is 3.03. The molecule has 1 unspecified atom stereocenters. The van der Waals surface area contributed by atoms with Gasteiger partial charge >= 0.3 is 5.97 Å². The van der Waals surface area contributed by atoms with Crippen LogP contribution in [0.1, 0.15) is 18.1 Å². The van der Waals surface area contributed by atoms with Crippen LogP contribution in [0.5, 0.6) is 5.75 Å². The van der Waals surface area contributed by atoms with E-state index in [9.17, 15) is 4.79 Å². The first kappa shape index (κ1) is 13.0. The van der Waals surface area contributed by atoms with Crippen molar-refractivity contribution in [3.8, 4) is 5.75 Å². The number of carboxylic acids is 1. The quantitative estimate of drug-likeness (QED) is 0.926. The molecule has 0 heterocycles. The van der Waals surface area contributed by atoms with Crippen molar-refractivity contribution < 1.29 is 14.6 Å². The molecule has 1 aromatic rings. The van der Waals surface area contributed by atoms with E-state index in [4.69, 9.17) is 9.84 Å². The normalized spacial score (nSPS) is 12.2. The Kier molecular flexibility index (Phi) is 4.35. The minimum absolute atomic E-state index is 0.413. The first-order valence-corrected chi connectivity index (χ1v) is 5.81. The molecular weight excluding hydrogens is 272 g/mol. The van der Waals surface area contributed by atoms with E-state index < -0.39 is 11.9 Å². The molecule has 1 aromatic carbocycles. The molecule has 0 aromatic heterocycles.